The number of nitrogens with one attached hydrogen (secondary N) is 1. The van der Waals surface area contributed by atoms with Crippen LogP contribution in [0.25, 0.3) is 0 Å². The average molecular weight is 369 g/mol. The molecule has 0 aliphatic carbocycles. The van der Waals surface area contributed by atoms with Crippen LogP contribution >= 0.6 is 0 Å². The van der Waals surface area contributed by atoms with Crippen molar-refractivity contribution in [3.8, 4) is 0 Å². The Morgan fingerprint density at radius 3 is 2.27 bits per heavy atom. The van der Waals surface area contributed by atoms with Crippen molar-refractivity contribution in [3.63, 3.8) is 0 Å². The second-order valence-electron chi connectivity index (χ2n) is 5.14. The third-order valence-electron chi connectivity index (χ3n) is 3.35. The highest BCUT2D eigenvalue weighted by molar-refractivity contribution is 5.98. The van der Waals surface area contributed by atoms with Crippen molar-refractivity contribution in [2.75, 3.05) is 13.2 Å². The summed E-state index contributed by atoms with van der Waals surface area (Å²) in [4.78, 5) is 47.6. The van der Waals surface area contributed by atoms with Gasteiger partial charge in [-0.1, -0.05) is 12.1 Å². The Balaban J connectivity index is 3.08. The highest BCUT2D eigenvalue weighted by Gasteiger charge is 2.38. The minimum Gasteiger partial charge on any atom is -0.480 e. The molecule has 1 rings (SSSR count). The molecule has 0 aliphatic rings. The van der Waals surface area contributed by atoms with Gasteiger partial charge in [0, 0.05) is 0 Å². The normalized spacial score (nSPS) is 12.6. The van der Waals surface area contributed by atoms with Crippen molar-refractivity contribution in [3.05, 3.63) is 35.6 Å². The molecule has 1 amide bonds. The molecular weight excluding hydrogens is 349 g/mol. The molecule has 26 heavy (non-hydrogen) atoms. The zero-order chi connectivity index (χ0) is 19.7. The minimum absolute atomic E-state index is 0.0354. The Kier molecular flexibility index (Phi) is 8.20. The fraction of sp³-hybridized carbons (Fsp3) is 0.412. The number of esters is 2. The zero-order valence-corrected chi connectivity index (χ0v) is 14.4. The summed E-state index contributed by atoms with van der Waals surface area (Å²) in [5.74, 6) is -6.79. The van der Waals surface area contributed by atoms with E-state index in [-0.39, 0.29) is 13.2 Å². The second-order valence-corrected chi connectivity index (χ2v) is 5.14. The molecule has 2 atom stereocenters. The number of carbonyl (C=O) groups excluding carboxylic acids is 3. The van der Waals surface area contributed by atoms with Gasteiger partial charge in [0.25, 0.3) is 5.91 Å². The number of carboxylic acid groups (broad SMARTS) is 1. The van der Waals surface area contributed by atoms with Gasteiger partial charge in [0.2, 0.25) is 0 Å². The van der Waals surface area contributed by atoms with Gasteiger partial charge in [0.1, 0.15) is 11.9 Å². The highest BCUT2D eigenvalue weighted by Crippen LogP contribution is 2.16. The van der Waals surface area contributed by atoms with Crippen molar-refractivity contribution in [1.82, 2.24) is 5.32 Å². The van der Waals surface area contributed by atoms with E-state index in [1.165, 1.54) is 19.1 Å². The van der Waals surface area contributed by atoms with Crippen LogP contribution < -0.4 is 5.32 Å². The molecule has 0 radical (unpaired) electrons. The molecule has 0 spiro atoms. The predicted octanol–water partition coefficient (Wildman–Crippen LogP) is 1.14. The zero-order valence-electron chi connectivity index (χ0n) is 14.4. The first-order chi connectivity index (χ1) is 12.3. The Bertz CT molecular complexity index is 677. The number of hydrogen-bond donors (Lipinski definition) is 2. The molecule has 0 heterocycles. The van der Waals surface area contributed by atoms with Crippen molar-refractivity contribution < 1.29 is 38.1 Å². The van der Waals surface area contributed by atoms with E-state index in [0.29, 0.717) is 0 Å². The number of aliphatic carboxylic acids is 1. The van der Waals surface area contributed by atoms with Crippen LogP contribution in [-0.4, -0.2) is 48.2 Å². The fourth-order valence-corrected chi connectivity index (χ4v) is 2.18. The lowest BCUT2D eigenvalue weighted by Gasteiger charge is -2.22. The molecule has 142 valence electrons. The van der Waals surface area contributed by atoms with Crippen LogP contribution in [0, 0.1) is 11.7 Å². The summed E-state index contributed by atoms with van der Waals surface area (Å²) in [6.45, 7) is 3.04. The van der Waals surface area contributed by atoms with E-state index in [4.69, 9.17) is 9.47 Å². The van der Waals surface area contributed by atoms with E-state index in [0.717, 1.165) is 12.1 Å². The molecular formula is C17H20FNO7. The van der Waals surface area contributed by atoms with E-state index in [9.17, 15) is 28.7 Å². The van der Waals surface area contributed by atoms with Crippen molar-refractivity contribution in [1.29, 1.82) is 0 Å². The first kappa shape index (κ1) is 21.1. The largest absolute Gasteiger partial charge is 0.480 e. The van der Waals surface area contributed by atoms with E-state index in [2.05, 4.69) is 5.32 Å². The standard InChI is InChI=1S/C17H20FNO7/c1-3-25-13(20)9-11(17(24)26-4-2)14(16(22)23)19-15(21)10-7-5-6-8-12(10)18/h5-8,11,14H,3-4,9H2,1-2H3,(H,19,21)(H,22,23)/t11-,14+/m1/s1. The lowest BCUT2D eigenvalue weighted by atomic mass is 9.95. The van der Waals surface area contributed by atoms with E-state index in [1.807, 2.05) is 0 Å². The lowest BCUT2D eigenvalue weighted by molar-refractivity contribution is -0.159. The third kappa shape index (κ3) is 5.83. The third-order valence-corrected chi connectivity index (χ3v) is 3.35. The first-order valence-corrected chi connectivity index (χ1v) is 7.92. The van der Waals surface area contributed by atoms with Gasteiger partial charge >= 0.3 is 17.9 Å². The van der Waals surface area contributed by atoms with Crippen molar-refractivity contribution >= 4 is 23.8 Å². The number of benzene rings is 1. The Morgan fingerprint density at radius 1 is 1.12 bits per heavy atom. The van der Waals surface area contributed by atoms with Crippen LogP contribution in [0.3, 0.4) is 0 Å². The summed E-state index contributed by atoms with van der Waals surface area (Å²) in [6, 6.07) is 3.16. The molecule has 0 fully saturated rings. The van der Waals surface area contributed by atoms with Crippen LogP contribution in [0.15, 0.2) is 24.3 Å². The van der Waals surface area contributed by atoms with Crippen molar-refractivity contribution in [2.45, 2.75) is 26.3 Å². The lowest BCUT2D eigenvalue weighted by Crippen LogP contribution is -2.50. The molecule has 1 aromatic rings. The summed E-state index contributed by atoms with van der Waals surface area (Å²) in [7, 11) is 0. The maximum absolute atomic E-state index is 13.7. The Hall–Kier alpha value is -2.97. The molecule has 8 nitrogen and oxygen atoms in total. The van der Waals surface area contributed by atoms with Crippen LogP contribution in [0.4, 0.5) is 4.39 Å². The number of amides is 1. The number of carboxylic acids is 1. The van der Waals surface area contributed by atoms with Gasteiger partial charge in [-0.05, 0) is 26.0 Å². The van der Waals surface area contributed by atoms with Crippen LogP contribution in [-0.2, 0) is 23.9 Å². The molecule has 9 heteroatoms. The highest BCUT2D eigenvalue weighted by atomic mass is 19.1. The van der Waals surface area contributed by atoms with Gasteiger partial charge in [-0.2, -0.15) is 0 Å². The molecule has 0 bridgehead atoms. The SMILES string of the molecule is CCOC(=O)C[C@@H](C(=O)OCC)[C@H](NC(=O)c1ccccc1F)C(=O)O. The molecule has 1 aromatic carbocycles. The number of carbonyl (C=O) groups is 4. The van der Waals surface area contributed by atoms with Crippen molar-refractivity contribution in [2.24, 2.45) is 5.92 Å². The molecule has 0 saturated heterocycles. The van der Waals surface area contributed by atoms with E-state index >= 15 is 0 Å². The van der Waals surface area contributed by atoms with Gasteiger partial charge in [-0.3, -0.25) is 14.4 Å². The van der Waals surface area contributed by atoms with E-state index < -0.39 is 53.6 Å². The summed E-state index contributed by atoms with van der Waals surface area (Å²) in [5.41, 5.74) is -0.391. The van der Waals surface area contributed by atoms with Crippen LogP contribution in [0.1, 0.15) is 30.6 Å². The topological polar surface area (TPSA) is 119 Å². The monoisotopic (exact) mass is 369 g/mol. The minimum atomic E-state index is -1.80. The van der Waals surface area contributed by atoms with Gasteiger partial charge in [0.15, 0.2) is 0 Å². The fourth-order valence-electron chi connectivity index (χ4n) is 2.18. The second kappa shape index (κ2) is 10.1. The molecule has 0 unspecified atom stereocenters. The number of rotatable bonds is 9. The number of ether oxygens (including phenoxy) is 2. The summed E-state index contributed by atoms with van der Waals surface area (Å²) in [6.07, 6.45) is -0.610. The maximum Gasteiger partial charge on any atom is 0.327 e. The van der Waals surface area contributed by atoms with Crippen LogP contribution in [0.2, 0.25) is 0 Å². The molecule has 0 aromatic heterocycles. The average Bonchev–Trinajstić information content (AvgIpc) is 2.58. The predicted molar refractivity (Wildman–Crippen MR) is 86.7 cm³/mol. The Labute approximate surface area is 149 Å². The Morgan fingerprint density at radius 2 is 1.73 bits per heavy atom. The van der Waals surface area contributed by atoms with Gasteiger partial charge in [-0.15, -0.1) is 0 Å². The molecule has 2 N–H and O–H groups in total. The maximum atomic E-state index is 13.7. The summed E-state index contributed by atoms with van der Waals surface area (Å²) in [5, 5.41) is 11.5. The summed E-state index contributed by atoms with van der Waals surface area (Å²) >= 11 is 0. The quantitative estimate of drug-likeness (QED) is 0.627. The molecule has 0 aliphatic heterocycles. The van der Waals surface area contributed by atoms with E-state index in [1.54, 1.807) is 6.92 Å². The summed E-state index contributed by atoms with van der Waals surface area (Å²) < 4.78 is 23.2. The van der Waals surface area contributed by atoms with Gasteiger partial charge < -0.3 is 19.9 Å². The number of hydrogen-bond acceptors (Lipinski definition) is 6. The number of halogens is 1. The molecule has 0 saturated carbocycles. The van der Waals surface area contributed by atoms with Gasteiger partial charge in [0.05, 0.1) is 31.1 Å². The smallest absolute Gasteiger partial charge is 0.327 e. The van der Waals surface area contributed by atoms with Crippen LogP contribution in [0.5, 0.6) is 0 Å². The van der Waals surface area contributed by atoms with Gasteiger partial charge in [-0.25, -0.2) is 9.18 Å². The first-order valence-electron chi connectivity index (χ1n) is 7.92.